The largest absolute Gasteiger partial charge is 0.481 e. The van der Waals surface area contributed by atoms with Crippen LogP contribution in [0.25, 0.3) is 0 Å². The van der Waals surface area contributed by atoms with Crippen LogP contribution in [0.3, 0.4) is 0 Å². The minimum Gasteiger partial charge on any atom is -0.481 e. The Labute approximate surface area is 190 Å². The van der Waals surface area contributed by atoms with Crippen molar-refractivity contribution in [3.8, 4) is 5.88 Å². The van der Waals surface area contributed by atoms with Gasteiger partial charge < -0.3 is 24.9 Å². The molecule has 3 aromatic rings. The fraction of sp³-hybridized carbons (Fsp3) is 0.348. The number of aromatic nitrogens is 3. The number of pyridine rings is 1. The number of carboxylic acid groups (broad SMARTS) is 1. The first-order valence-electron chi connectivity index (χ1n) is 10.7. The molecule has 0 bridgehead atoms. The van der Waals surface area contributed by atoms with Crippen LogP contribution >= 0.6 is 0 Å². The molecule has 1 aromatic carbocycles. The molecule has 1 aliphatic carbocycles. The third-order valence-electron chi connectivity index (χ3n) is 5.78. The Balaban J connectivity index is 1.32. The van der Waals surface area contributed by atoms with Gasteiger partial charge in [0.1, 0.15) is 5.69 Å². The summed E-state index contributed by atoms with van der Waals surface area (Å²) in [4.78, 5) is 27.5. The van der Waals surface area contributed by atoms with Crippen LogP contribution in [0.5, 0.6) is 5.88 Å². The van der Waals surface area contributed by atoms with Gasteiger partial charge in [0.25, 0.3) is 0 Å². The first kappa shape index (κ1) is 22.3. The lowest BCUT2D eigenvalue weighted by molar-refractivity contribution is -0.138. The van der Waals surface area contributed by atoms with Crippen LogP contribution in [0.1, 0.15) is 54.3 Å². The standard InChI is InChI=1S/C23H25N5O5/c1-32-21-18(3-2-12-24-21)26-23-28-27-22(33-23)20(31)25-17-10-8-16(9-11-17)15-6-4-14(5-7-15)13-19(29)30/h2-3,8-12,14-15H,4-7,13H2,1H3,(H,25,31)(H,26,28)(H,29,30). The molecule has 33 heavy (non-hydrogen) atoms. The molecule has 0 atom stereocenters. The topological polar surface area (TPSA) is 139 Å². The van der Waals surface area contributed by atoms with Crippen molar-refractivity contribution in [3.05, 3.63) is 54.0 Å². The summed E-state index contributed by atoms with van der Waals surface area (Å²) < 4.78 is 10.6. The predicted octanol–water partition coefficient (Wildman–Crippen LogP) is 4.22. The fourth-order valence-corrected chi connectivity index (χ4v) is 4.10. The molecule has 10 nitrogen and oxygen atoms in total. The SMILES string of the molecule is COc1ncccc1Nc1nnc(C(=O)Nc2ccc(C3CCC(CC(=O)O)CC3)cc2)o1. The van der Waals surface area contributed by atoms with Crippen LogP contribution < -0.4 is 15.4 Å². The zero-order valence-corrected chi connectivity index (χ0v) is 18.2. The number of carboxylic acids is 1. The molecule has 0 saturated heterocycles. The van der Waals surface area contributed by atoms with Gasteiger partial charge >= 0.3 is 23.8 Å². The van der Waals surface area contributed by atoms with Gasteiger partial charge in [-0.25, -0.2) is 4.98 Å². The van der Waals surface area contributed by atoms with Crippen molar-refractivity contribution in [1.29, 1.82) is 0 Å². The lowest BCUT2D eigenvalue weighted by atomic mass is 9.77. The lowest BCUT2D eigenvalue weighted by Gasteiger charge is -2.28. The number of nitrogens with one attached hydrogen (secondary N) is 2. The third kappa shape index (κ3) is 5.65. The zero-order chi connectivity index (χ0) is 23.2. The highest BCUT2D eigenvalue weighted by Gasteiger charge is 2.24. The summed E-state index contributed by atoms with van der Waals surface area (Å²) in [5.41, 5.74) is 2.34. The molecule has 0 unspecified atom stereocenters. The number of hydrogen-bond donors (Lipinski definition) is 3. The summed E-state index contributed by atoms with van der Waals surface area (Å²) in [6.07, 6.45) is 5.64. The van der Waals surface area contributed by atoms with Gasteiger partial charge in [-0.1, -0.05) is 17.2 Å². The summed E-state index contributed by atoms with van der Waals surface area (Å²) in [7, 11) is 1.50. The molecule has 0 radical (unpaired) electrons. The molecule has 1 fully saturated rings. The first-order valence-corrected chi connectivity index (χ1v) is 10.7. The summed E-state index contributed by atoms with van der Waals surface area (Å²) in [5, 5.41) is 22.2. The molecule has 1 amide bonds. The molecule has 2 aromatic heterocycles. The van der Waals surface area contributed by atoms with E-state index in [1.54, 1.807) is 18.3 Å². The lowest BCUT2D eigenvalue weighted by Crippen LogP contribution is -2.16. The van der Waals surface area contributed by atoms with Gasteiger partial charge in [0.15, 0.2) is 0 Å². The van der Waals surface area contributed by atoms with E-state index in [2.05, 4.69) is 25.8 Å². The van der Waals surface area contributed by atoms with Gasteiger partial charge in [0, 0.05) is 18.3 Å². The number of carbonyl (C=O) groups is 2. The summed E-state index contributed by atoms with van der Waals surface area (Å²) >= 11 is 0. The van der Waals surface area contributed by atoms with Crippen molar-refractivity contribution in [2.24, 2.45) is 5.92 Å². The Kier molecular flexibility index (Phi) is 6.82. The monoisotopic (exact) mass is 451 g/mol. The molecule has 2 heterocycles. The quantitative estimate of drug-likeness (QED) is 0.459. The number of anilines is 3. The maximum atomic E-state index is 12.5. The van der Waals surface area contributed by atoms with Gasteiger partial charge in [0.05, 0.1) is 7.11 Å². The summed E-state index contributed by atoms with van der Waals surface area (Å²) in [6.45, 7) is 0. The molecule has 3 N–H and O–H groups in total. The number of amides is 1. The van der Waals surface area contributed by atoms with E-state index in [0.717, 1.165) is 25.7 Å². The van der Waals surface area contributed by atoms with E-state index in [0.29, 0.717) is 23.2 Å². The minimum absolute atomic E-state index is 0.0419. The maximum Gasteiger partial charge on any atom is 0.320 e. The van der Waals surface area contributed by atoms with E-state index in [-0.39, 0.29) is 24.2 Å². The molecule has 1 aliphatic rings. The van der Waals surface area contributed by atoms with Crippen LogP contribution in [0.15, 0.2) is 47.0 Å². The Morgan fingerprint density at radius 3 is 2.58 bits per heavy atom. The number of aliphatic carboxylic acids is 1. The highest BCUT2D eigenvalue weighted by molar-refractivity contribution is 6.00. The van der Waals surface area contributed by atoms with Crippen LogP contribution in [0, 0.1) is 5.92 Å². The van der Waals surface area contributed by atoms with Crippen molar-refractivity contribution in [3.63, 3.8) is 0 Å². The van der Waals surface area contributed by atoms with Crippen LogP contribution in [0.4, 0.5) is 17.4 Å². The predicted molar refractivity (Wildman–Crippen MR) is 120 cm³/mol. The maximum absolute atomic E-state index is 12.5. The van der Waals surface area contributed by atoms with Gasteiger partial charge in [0.2, 0.25) is 5.88 Å². The van der Waals surface area contributed by atoms with E-state index >= 15 is 0 Å². The number of ether oxygens (including phenoxy) is 1. The summed E-state index contributed by atoms with van der Waals surface area (Å²) in [5.74, 6) is -0.382. The normalized spacial score (nSPS) is 17.8. The molecule has 10 heteroatoms. The molecular weight excluding hydrogens is 426 g/mol. The van der Waals surface area contributed by atoms with Gasteiger partial charge in [-0.3, -0.25) is 9.59 Å². The minimum atomic E-state index is -0.723. The number of rotatable bonds is 8. The average molecular weight is 451 g/mol. The van der Waals surface area contributed by atoms with E-state index in [1.165, 1.54) is 12.7 Å². The molecule has 1 saturated carbocycles. The van der Waals surface area contributed by atoms with Gasteiger partial charge in [-0.2, -0.15) is 0 Å². The number of nitrogens with zero attached hydrogens (tertiary/aromatic N) is 3. The van der Waals surface area contributed by atoms with Crippen molar-refractivity contribution >= 4 is 29.3 Å². The van der Waals surface area contributed by atoms with Crippen molar-refractivity contribution < 1.29 is 23.8 Å². The number of carbonyl (C=O) groups excluding carboxylic acids is 1. The number of benzene rings is 1. The zero-order valence-electron chi connectivity index (χ0n) is 18.2. The highest BCUT2D eigenvalue weighted by Crippen LogP contribution is 2.37. The van der Waals surface area contributed by atoms with Gasteiger partial charge in [-0.05, 0) is 67.3 Å². The average Bonchev–Trinajstić information content (AvgIpc) is 3.29. The van der Waals surface area contributed by atoms with Crippen LogP contribution in [0.2, 0.25) is 0 Å². The first-order chi connectivity index (χ1) is 16.0. The van der Waals surface area contributed by atoms with Crippen molar-refractivity contribution in [2.45, 2.75) is 38.0 Å². The summed E-state index contributed by atoms with van der Waals surface area (Å²) in [6, 6.07) is 11.2. The second-order valence-electron chi connectivity index (χ2n) is 7.99. The van der Waals surface area contributed by atoms with Crippen molar-refractivity contribution in [2.75, 3.05) is 17.7 Å². The molecule has 0 aliphatic heterocycles. The van der Waals surface area contributed by atoms with E-state index in [4.69, 9.17) is 14.3 Å². The molecule has 4 rings (SSSR count). The smallest absolute Gasteiger partial charge is 0.320 e. The molecular formula is C23H25N5O5. The van der Waals surface area contributed by atoms with Gasteiger partial charge in [-0.15, -0.1) is 5.10 Å². The van der Waals surface area contributed by atoms with Crippen LogP contribution in [-0.2, 0) is 4.79 Å². The van der Waals surface area contributed by atoms with Crippen molar-refractivity contribution in [1.82, 2.24) is 15.2 Å². The molecule has 172 valence electrons. The Morgan fingerprint density at radius 1 is 1.12 bits per heavy atom. The highest BCUT2D eigenvalue weighted by atomic mass is 16.5. The van der Waals surface area contributed by atoms with E-state index in [9.17, 15) is 9.59 Å². The number of hydrogen-bond acceptors (Lipinski definition) is 8. The Hall–Kier alpha value is -3.95. The second-order valence-corrected chi connectivity index (χ2v) is 7.99. The van der Waals surface area contributed by atoms with Crippen LogP contribution in [-0.4, -0.2) is 39.3 Å². The third-order valence-corrected chi connectivity index (χ3v) is 5.78. The second kappa shape index (κ2) is 10.1. The Bertz CT molecular complexity index is 1110. The Morgan fingerprint density at radius 2 is 1.88 bits per heavy atom. The molecule has 0 spiro atoms. The number of methoxy groups -OCH3 is 1. The van der Waals surface area contributed by atoms with E-state index < -0.39 is 11.9 Å². The van der Waals surface area contributed by atoms with E-state index in [1.807, 2.05) is 24.3 Å². The fourth-order valence-electron chi connectivity index (χ4n) is 4.10.